The van der Waals surface area contributed by atoms with Crippen LogP contribution in [0, 0.1) is 11.3 Å². The van der Waals surface area contributed by atoms with Gasteiger partial charge in [0.05, 0.1) is 12.2 Å². The number of rotatable bonds is 3. The van der Waals surface area contributed by atoms with E-state index < -0.39 is 5.56 Å². The van der Waals surface area contributed by atoms with Gasteiger partial charge in [-0.25, -0.2) is 0 Å². The van der Waals surface area contributed by atoms with Crippen molar-refractivity contribution in [1.82, 2.24) is 4.57 Å². The van der Waals surface area contributed by atoms with Gasteiger partial charge >= 0.3 is 0 Å². The van der Waals surface area contributed by atoms with E-state index in [0.29, 0.717) is 26.3 Å². The van der Waals surface area contributed by atoms with Gasteiger partial charge in [0.2, 0.25) is 0 Å². The van der Waals surface area contributed by atoms with Gasteiger partial charge in [0.25, 0.3) is 5.56 Å². The maximum atomic E-state index is 12.7. The van der Waals surface area contributed by atoms with Gasteiger partial charge in [-0.3, -0.25) is 4.79 Å². The molecule has 0 saturated heterocycles. The first-order valence-corrected chi connectivity index (χ1v) is 8.47. The van der Waals surface area contributed by atoms with E-state index in [4.69, 9.17) is 34.8 Å². The zero-order valence-electron chi connectivity index (χ0n) is 12.8. The van der Waals surface area contributed by atoms with Crippen molar-refractivity contribution in [2.24, 2.45) is 0 Å². The third kappa shape index (κ3) is 3.57. The monoisotopic (exact) mass is 388 g/mol. The number of hydrogen-bond acceptors (Lipinski definition) is 2. The van der Waals surface area contributed by atoms with Gasteiger partial charge in [-0.1, -0.05) is 59.1 Å². The molecule has 0 saturated carbocycles. The molecule has 0 aliphatic carbocycles. The maximum absolute atomic E-state index is 12.7. The SMILES string of the molecule is N#Cc1ccc(-c2ccccc2Cl)n(Cc2ccc(Cl)cc2Cl)c1=O. The van der Waals surface area contributed by atoms with Gasteiger partial charge in [-0.2, -0.15) is 5.26 Å². The Labute approximate surface area is 159 Å². The van der Waals surface area contributed by atoms with E-state index in [9.17, 15) is 10.1 Å². The fraction of sp³-hybridized carbons (Fsp3) is 0.0526. The van der Waals surface area contributed by atoms with Crippen molar-refractivity contribution in [2.45, 2.75) is 6.54 Å². The van der Waals surface area contributed by atoms with Gasteiger partial charge in [-0.05, 0) is 35.9 Å². The summed E-state index contributed by atoms with van der Waals surface area (Å²) in [6.45, 7) is 0.199. The van der Waals surface area contributed by atoms with Crippen LogP contribution in [0.25, 0.3) is 11.3 Å². The Morgan fingerprint density at radius 2 is 1.72 bits per heavy atom. The molecule has 0 atom stereocenters. The van der Waals surface area contributed by atoms with Crippen molar-refractivity contribution in [3.8, 4) is 17.3 Å². The van der Waals surface area contributed by atoms with Crippen molar-refractivity contribution in [2.75, 3.05) is 0 Å². The molecule has 3 aromatic rings. The van der Waals surface area contributed by atoms with E-state index in [2.05, 4.69) is 0 Å². The first-order valence-electron chi connectivity index (χ1n) is 7.34. The Bertz CT molecular complexity index is 1050. The lowest BCUT2D eigenvalue weighted by Crippen LogP contribution is -2.24. The average Bonchev–Trinajstić information content (AvgIpc) is 2.59. The fourth-order valence-corrected chi connectivity index (χ4v) is 3.25. The number of nitriles is 1. The number of aromatic nitrogens is 1. The van der Waals surface area contributed by atoms with Crippen LogP contribution in [0.1, 0.15) is 11.1 Å². The normalized spacial score (nSPS) is 10.5. The molecule has 1 heterocycles. The van der Waals surface area contributed by atoms with Crippen molar-refractivity contribution in [1.29, 1.82) is 5.26 Å². The van der Waals surface area contributed by atoms with E-state index in [0.717, 1.165) is 5.56 Å². The lowest BCUT2D eigenvalue weighted by atomic mass is 10.1. The molecular formula is C19H11Cl3N2O. The zero-order chi connectivity index (χ0) is 18.0. The van der Waals surface area contributed by atoms with E-state index in [-0.39, 0.29) is 12.1 Å². The first kappa shape index (κ1) is 17.6. The second kappa shape index (κ2) is 7.33. The molecule has 0 radical (unpaired) electrons. The first-order chi connectivity index (χ1) is 12.0. The summed E-state index contributed by atoms with van der Waals surface area (Å²) in [5, 5.41) is 10.7. The zero-order valence-corrected chi connectivity index (χ0v) is 15.1. The summed E-state index contributed by atoms with van der Waals surface area (Å²) in [6.07, 6.45) is 0. The Balaban J connectivity index is 2.21. The molecule has 0 fully saturated rings. The van der Waals surface area contributed by atoms with Gasteiger partial charge in [-0.15, -0.1) is 0 Å². The Morgan fingerprint density at radius 1 is 0.960 bits per heavy atom. The van der Waals surface area contributed by atoms with Crippen LogP contribution in [0.4, 0.5) is 0 Å². The van der Waals surface area contributed by atoms with Crippen molar-refractivity contribution in [3.05, 3.63) is 91.1 Å². The minimum Gasteiger partial charge on any atom is -0.303 e. The summed E-state index contributed by atoms with van der Waals surface area (Å²) in [6, 6.07) is 17.4. The maximum Gasteiger partial charge on any atom is 0.269 e. The van der Waals surface area contributed by atoms with Crippen LogP contribution in [-0.2, 0) is 6.54 Å². The van der Waals surface area contributed by atoms with Gasteiger partial charge in [0, 0.05) is 20.6 Å². The topological polar surface area (TPSA) is 45.8 Å². The van der Waals surface area contributed by atoms with Crippen LogP contribution < -0.4 is 5.56 Å². The Kier molecular flexibility index (Phi) is 5.15. The molecule has 0 aliphatic heterocycles. The molecule has 0 N–H and O–H groups in total. The quantitative estimate of drug-likeness (QED) is 0.602. The van der Waals surface area contributed by atoms with Gasteiger partial charge in [0.1, 0.15) is 11.6 Å². The van der Waals surface area contributed by atoms with Crippen LogP contribution in [0.5, 0.6) is 0 Å². The average molecular weight is 390 g/mol. The standard InChI is InChI=1S/C19H11Cl3N2O/c20-14-7-5-13(17(22)9-14)11-24-18(8-6-12(10-23)19(24)25)15-3-1-2-4-16(15)21/h1-9H,11H2. The van der Waals surface area contributed by atoms with Crippen LogP contribution in [-0.4, -0.2) is 4.57 Å². The van der Waals surface area contributed by atoms with Crippen LogP contribution in [0.3, 0.4) is 0 Å². The molecule has 6 heteroatoms. The van der Waals surface area contributed by atoms with E-state index in [1.54, 1.807) is 30.3 Å². The van der Waals surface area contributed by atoms with Crippen LogP contribution >= 0.6 is 34.8 Å². The molecule has 0 spiro atoms. The van der Waals surface area contributed by atoms with Gasteiger partial charge in [0.15, 0.2) is 0 Å². The minimum absolute atomic E-state index is 0.0564. The lowest BCUT2D eigenvalue weighted by Gasteiger charge is -2.15. The number of pyridine rings is 1. The largest absolute Gasteiger partial charge is 0.303 e. The van der Waals surface area contributed by atoms with Crippen LogP contribution in [0.2, 0.25) is 15.1 Å². The molecule has 0 unspecified atom stereocenters. The third-order valence-electron chi connectivity index (χ3n) is 3.79. The number of benzene rings is 2. The molecule has 1 aromatic heterocycles. The fourth-order valence-electron chi connectivity index (χ4n) is 2.54. The summed E-state index contributed by atoms with van der Waals surface area (Å²) in [5.74, 6) is 0. The Morgan fingerprint density at radius 3 is 2.40 bits per heavy atom. The molecule has 0 aliphatic rings. The van der Waals surface area contributed by atoms with E-state index in [1.165, 1.54) is 10.6 Å². The van der Waals surface area contributed by atoms with E-state index in [1.807, 2.05) is 24.3 Å². The second-order valence-electron chi connectivity index (χ2n) is 5.35. The molecule has 3 rings (SSSR count). The summed E-state index contributed by atoms with van der Waals surface area (Å²) in [5.41, 5.74) is 1.69. The van der Waals surface area contributed by atoms with Crippen molar-refractivity contribution in [3.63, 3.8) is 0 Å². The highest BCUT2D eigenvalue weighted by Gasteiger charge is 2.14. The summed E-state index contributed by atoms with van der Waals surface area (Å²) in [4.78, 5) is 12.7. The summed E-state index contributed by atoms with van der Waals surface area (Å²) >= 11 is 18.5. The third-order valence-corrected chi connectivity index (χ3v) is 4.70. The molecule has 0 amide bonds. The smallest absolute Gasteiger partial charge is 0.269 e. The summed E-state index contributed by atoms with van der Waals surface area (Å²) < 4.78 is 1.49. The highest BCUT2D eigenvalue weighted by atomic mass is 35.5. The highest BCUT2D eigenvalue weighted by molar-refractivity contribution is 6.35. The predicted molar refractivity (Wildman–Crippen MR) is 101 cm³/mol. The summed E-state index contributed by atoms with van der Waals surface area (Å²) in [7, 11) is 0. The molecular weight excluding hydrogens is 379 g/mol. The lowest BCUT2D eigenvalue weighted by molar-refractivity contribution is 0.766. The van der Waals surface area contributed by atoms with Gasteiger partial charge < -0.3 is 4.57 Å². The molecule has 3 nitrogen and oxygen atoms in total. The predicted octanol–water partition coefficient (Wildman–Crippen LogP) is 5.40. The molecule has 2 aromatic carbocycles. The molecule has 25 heavy (non-hydrogen) atoms. The van der Waals surface area contributed by atoms with E-state index >= 15 is 0 Å². The minimum atomic E-state index is -0.397. The highest BCUT2D eigenvalue weighted by Crippen LogP contribution is 2.28. The van der Waals surface area contributed by atoms with Crippen LogP contribution in [0.15, 0.2) is 59.4 Å². The number of halogens is 3. The molecule has 0 bridgehead atoms. The van der Waals surface area contributed by atoms with Crippen molar-refractivity contribution < 1.29 is 0 Å². The molecule has 124 valence electrons. The number of hydrogen-bond donors (Lipinski definition) is 0. The Hall–Kier alpha value is -2.25. The second-order valence-corrected chi connectivity index (χ2v) is 6.60. The number of nitrogens with zero attached hydrogens (tertiary/aromatic N) is 2. The van der Waals surface area contributed by atoms with Crippen molar-refractivity contribution >= 4 is 34.8 Å².